The van der Waals surface area contributed by atoms with E-state index in [9.17, 15) is 15.0 Å². The maximum Gasteiger partial charge on any atom is 0.338 e. The Morgan fingerprint density at radius 2 is 1.76 bits per heavy atom. The molecular formula is C30H31N3O4. The van der Waals surface area contributed by atoms with E-state index in [2.05, 4.69) is 22.0 Å². The van der Waals surface area contributed by atoms with Crippen LogP contribution in [0.1, 0.15) is 46.8 Å². The van der Waals surface area contributed by atoms with Crippen LogP contribution in [0.4, 0.5) is 5.69 Å². The van der Waals surface area contributed by atoms with E-state index >= 15 is 0 Å². The molecule has 7 nitrogen and oxygen atoms in total. The third kappa shape index (κ3) is 5.58. The Morgan fingerprint density at radius 3 is 2.46 bits per heavy atom. The number of aromatic nitrogens is 1. The zero-order chi connectivity index (χ0) is 25.8. The van der Waals surface area contributed by atoms with Gasteiger partial charge in [0.25, 0.3) is 0 Å². The van der Waals surface area contributed by atoms with Gasteiger partial charge in [-0.15, -0.1) is 0 Å². The first-order chi connectivity index (χ1) is 18.0. The van der Waals surface area contributed by atoms with Gasteiger partial charge in [-0.25, -0.2) is 9.79 Å². The number of aliphatic hydroxyl groups excluding tert-OH is 1. The number of piperidine rings is 1. The zero-order valence-corrected chi connectivity index (χ0v) is 20.9. The molecule has 0 amide bonds. The van der Waals surface area contributed by atoms with Gasteiger partial charge in [0.1, 0.15) is 0 Å². The summed E-state index contributed by atoms with van der Waals surface area (Å²) in [5.41, 5.74) is 5.08. The van der Waals surface area contributed by atoms with Crippen LogP contribution in [0.3, 0.4) is 0 Å². The topological polar surface area (TPSA) is 98.2 Å². The van der Waals surface area contributed by atoms with Crippen LogP contribution in [0.25, 0.3) is 10.9 Å². The Labute approximate surface area is 216 Å². The highest BCUT2D eigenvalue weighted by Crippen LogP contribution is 2.32. The summed E-state index contributed by atoms with van der Waals surface area (Å²) in [6.45, 7) is 4.70. The molecule has 0 bridgehead atoms. The monoisotopic (exact) mass is 497 g/mol. The van der Waals surface area contributed by atoms with Crippen molar-refractivity contribution in [1.29, 1.82) is 0 Å². The fourth-order valence-corrected chi connectivity index (χ4v) is 4.77. The first-order valence-electron chi connectivity index (χ1n) is 12.7. The van der Waals surface area contributed by atoms with Crippen LogP contribution in [-0.2, 0) is 11.3 Å². The summed E-state index contributed by atoms with van der Waals surface area (Å²) >= 11 is 0. The number of ether oxygens (including phenoxy) is 1. The first-order valence-corrected chi connectivity index (χ1v) is 12.7. The lowest BCUT2D eigenvalue weighted by Gasteiger charge is -2.29. The van der Waals surface area contributed by atoms with Gasteiger partial charge in [0, 0.05) is 36.1 Å². The summed E-state index contributed by atoms with van der Waals surface area (Å²) in [5, 5.41) is 21.5. The Hall–Kier alpha value is -3.94. The van der Waals surface area contributed by atoms with Crippen molar-refractivity contribution in [2.75, 3.05) is 19.7 Å². The highest BCUT2D eigenvalue weighted by Gasteiger charge is 2.20. The number of nitrogens with one attached hydrogen (secondary N) is 1. The van der Waals surface area contributed by atoms with Crippen molar-refractivity contribution in [3.63, 3.8) is 0 Å². The number of aliphatic imine (C=N–C) groups is 1. The second kappa shape index (κ2) is 11.0. The first kappa shape index (κ1) is 24.7. The van der Waals surface area contributed by atoms with Crippen LogP contribution in [-0.4, -0.2) is 57.6 Å². The van der Waals surface area contributed by atoms with E-state index in [0.29, 0.717) is 29.0 Å². The number of fused-ring (bicyclic) bond motifs is 1. The fraction of sp³-hybridized carbons (Fsp3) is 0.267. The minimum Gasteiger partial charge on any atom is -0.494 e. The molecule has 1 fully saturated rings. The minimum absolute atomic E-state index is 0.0116. The number of aromatic amines is 1. The molecule has 1 aromatic heterocycles. The van der Waals surface area contributed by atoms with E-state index in [0.717, 1.165) is 49.1 Å². The average molecular weight is 498 g/mol. The third-order valence-electron chi connectivity index (χ3n) is 6.71. The van der Waals surface area contributed by atoms with Crippen LogP contribution in [0.2, 0.25) is 0 Å². The molecule has 4 aromatic rings. The van der Waals surface area contributed by atoms with E-state index in [1.807, 2.05) is 48.5 Å². The standard InChI is InChI=1S/C30H31N3O4/c1-2-37-30(36)22-10-13-25-26(18-22)32-29(35)27(25)28(21-6-4-3-5-7-21)31-23-11-8-20(9-12-23)19-33-16-14-24(34)15-17-33/h3-13,18,24,32,34-35H,2,14-17,19H2,1H3. The third-order valence-corrected chi connectivity index (χ3v) is 6.71. The highest BCUT2D eigenvalue weighted by atomic mass is 16.5. The molecule has 3 aromatic carbocycles. The number of carbonyl (C=O) groups excluding carboxylic acids is 1. The highest BCUT2D eigenvalue weighted by molar-refractivity contribution is 6.22. The number of nitrogens with zero attached hydrogens (tertiary/aromatic N) is 2. The van der Waals surface area contributed by atoms with Crippen LogP contribution < -0.4 is 0 Å². The second-order valence-corrected chi connectivity index (χ2v) is 9.33. The van der Waals surface area contributed by atoms with Gasteiger partial charge in [-0.3, -0.25) is 4.90 Å². The molecule has 1 aliphatic heterocycles. The lowest BCUT2D eigenvalue weighted by molar-refractivity contribution is 0.0526. The van der Waals surface area contributed by atoms with E-state index in [1.165, 1.54) is 5.56 Å². The summed E-state index contributed by atoms with van der Waals surface area (Å²) < 4.78 is 5.12. The summed E-state index contributed by atoms with van der Waals surface area (Å²) in [6.07, 6.45) is 1.46. The molecule has 0 radical (unpaired) electrons. The van der Waals surface area contributed by atoms with Gasteiger partial charge < -0.3 is 19.9 Å². The van der Waals surface area contributed by atoms with Crippen LogP contribution in [0.15, 0.2) is 77.8 Å². The SMILES string of the molecule is CCOC(=O)c1ccc2c(C(=Nc3ccc(CN4CCC(O)CC4)cc3)c3ccccc3)c(O)[nH]c2c1. The second-order valence-electron chi connectivity index (χ2n) is 9.33. The van der Waals surface area contributed by atoms with Gasteiger partial charge >= 0.3 is 5.97 Å². The van der Waals surface area contributed by atoms with Gasteiger partial charge in [0.05, 0.1) is 35.2 Å². The maximum atomic E-state index is 12.2. The maximum absolute atomic E-state index is 12.2. The summed E-state index contributed by atoms with van der Waals surface area (Å²) in [4.78, 5) is 22.5. The zero-order valence-electron chi connectivity index (χ0n) is 20.9. The number of aromatic hydroxyl groups is 1. The van der Waals surface area contributed by atoms with Crippen LogP contribution in [0, 0.1) is 0 Å². The largest absolute Gasteiger partial charge is 0.494 e. The molecular weight excluding hydrogens is 466 g/mol. The van der Waals surface area contributed by atoms with Gasteiger partial charge in [0.2, 0.25) is 0 Å². The molecule has 190 valence electrons. The quantitative estimate of drug-likeness (QED) is 0.242. The van der Waals surface area contributed by atoms with Crippen molar-refractivity contribution in [1.82, 2.24) is 9.88 Å². The number of hydrogen-bond acceptors (Lipinski definition) is 6. The number of esters is 1. The van der Waals surface area contributed by atoms with E-state index < -0.39 is 5.97 Å². The lowest BCUT2D eigenvalue weighted by Crippen LogP contribution is -2.35. The number of aliphatic hydroxyl groups is 1. The molecule has 3 N–H and O–H groups in total. The Morgan fingerprint density at radius 1 is 1.03 bits per heavy atom. The number of hydrogen-bond donors (Lipinski definition) is 3. The molecule has 0 aliphatic carbocycles. The molecule has 37 heavy (non-hydrogen) atoms. The van der Waals surface area contributed by atoms with Crippen molar-refractivity contribution in [2.24, 2.45) is 4.99 Å². The molecule has 0 atom stereocenters. The van der Waals surface area contributed by atoms with Crippen molar-refractivity contribution in [3.05, 3.63) is 95.1 Å². The summed E-state index contributed by atoms with van der Waals surface area (Å²) in [7, 11) is 0. The summed E-state index contributed by atoms with van der Waals surface area (Å²) in [6, 6.07) is 23.1. The number of carbonyl (C=O) groups is 1. The van der Waals surface area contributed by atoms with Crippen molar-refractivity contribution < 1.29 is 19.7 Å². The van der Waals surface area contributed by atoms with E-state index in [-0.39, 0.29) is 12.0 Å². The van der Waals surface area contributed by atoms with Crippen LogP contribution >= 0.6 is 0 Å². The Balaban J connectivity index is 1.49. The molecule has 1 saturated heterocycles. The van der Waals surface area contributed by atoms with Gasteiger partial charge in [-0.2, -0.15) is 0 Å². The van der Waals surface area contributed by atoms with E-state index in [4.69, 9.17) is 9.73 Å². The molecule has 7 heteroatoms. The predicted octanol–water partition coefficient (Wildman–Crippen LogP) is 5.18. The van der Waals surface area contributed by atoms with Crippen molar-refractivity contribution >= 4 is 28.3 Å². The Kier molecular flexibility index (Phi) is 7.35. The minimum atomic E-state index is -0.405. The normalized spacial score (nSPS) is 15.2. The molecule has 1 aliphatic rings. The van der Waals surface area contributed by atoms with Gasteiger partial charge in [-0.05, 0) is 49.6 Å². The van der Waals surface area contributed by atoms with Crippen LogP contribution in [0.5, 0.6) is 5.88 Å². The van der Waals surface area contributed by atoms with Crippen molar-refractivity contribution in [2.45, 2.75) is 32.4 Å². The predicted molar refractivity (Wildman–Crippen MR) is 145 cm³/mol. The fourth-order valence-electron chi connectivity index (χ4n) is 4.77. The number of benzene rings is 3. The number of rotatable bonds is 7. The number of likely N-dealkylation sites (tertiary alicyclic amines) is 1. The number of H-pyrrole nitrogens is 1. The smallest absolute Gasteiger partial charge is 0.338 e. The average Bonchev–Trinajstić information content (AvgIpc) is 3.25. The Bertz CT molecular complexity index is 1400. The molecule has 5 rings (SSSR count). The van der Waals surface area contributed by atoms with Gasteiger partial charge in [-0.1, -0.05) is 48.5 Å². The van der Waals surface area contributed by atoms with E-state index in [1.54, 1.807) is 19.1 Å². The molecule has 0 saturated carbocycles. The van der Waals surface area contributed by atoms with Crippen molar-refractivity contribution in [3.8, 4) is 5.88 Å². The molecule has 2 heterocycles. The van der Waals surface area contributed by atoms with Gasteiger partial charge in [0.15, 0.2) is 5.88 Å². The summed E-state index contributed by atoms with van der Waals surface area (Å²) in [5.74, 6) is -0.416. The molecule has 0 spiro atoms. The molecule has 0 unspecified atom stereocenters. The lowest BCUT2D eigenvalue weighted by atomic mass is 10.00.